The van der Waals surface area contributed by atoms with Gasteiger partial charge in [-0.3, -0.25) is 9.59 Å². The lowest BCUT2D eigenvalue weighted by atomic mass is 9.81. The van der Waals surface area contributed by atoms with Gasteiger partial charge in [-0.1, -0.05) is 98.9 Å². The van der Waals surface area contributed by atoms with Crippen molar-refractivity contribution in [2.24, 2.45) is 23.5 Å². The summed E-state index contributed by atoms with van der Waals surface area (Å²) in [6.45, 7) is 5.01. The highest BCUT2D eigenvalue weighted by Gasteiger charge is 2.52. The van der Waals surface area contributed by atoms with Gasteiger partial charge in [-0.15, -0.1) is 0 Å². The fraction of sp³-hybridized carbons (Fsp3) is 0.704. The molecule has 2 fully saturated rings. The number of ether oxygens (including phenoxy) is 4. The van der Waals surface area contributed by atoms with Gasteiger partial charge in [0.05, 0.1) is 92.1 Å². The molecule has 0 spiro atoms. The fourth-order valence-corrected chi connectivity index (χ4v) is 9.25. The van der Waals surface area contributed by atoms with Gasteiger partial charge < -0.3 is 106 Å². The van der Waals surface area contributed by atoms with Gasteiger partial charge in [0, 0.05) is 44.7 Å². The van der Waals surface area contributed by atoms with Gasteiger partial charge >= 0.3 is 5.97 Å². The van der Waals surface area contributed by atoms with Crippen molar-refractivity contribution in [3.05, 3.63) is 85.1 Å². The summed E-state index contributed by atoms with van der Waals surface area (Å²) in [6.07, 6.45) is -6.16. The molecule has 0 aromatic carbocycles. The molecule has 0 aromatic rings. The van der Waals surface area contributed by atoms with Crippen LogP contribution in [0, 0.1) is 17.8 Å². The fourth-order valence-electron chi connectivity index (χ4n) is 9.25. The zero-order chi connectivity index (χ0) is 57.7. The maximum atomic E-state index is 14.3. The highest BCUT2D eigenvalue weighted by molar-refractivity contribution is 5.80. The van der Waals surface area contributed by atoms with Crippen LogP contribution >= 0.6 is 0 Å². The third kappa shape index (κ3) is 22.1. The van der Waals surface area contributed by atoms with E-state index >= 15 is 0 Å². The number of nitrogens with zero attached hydrogens (tertiary/aromatic N) is 1. The molecule has 2 saturated heterocycles. The molecule has 440 valence electrons. The van der Waals surface area contributed by atoms with Crippen LogP contribution in [0.2, 0.25) is 0 Å². The van der Waals surface area contributed by atoms with Crippen LogP contribution in [-0.2, 0) is 28.5 Å². The number of likely N-dealkylation sites (N-methyl/N-ethyl adjacent to an activating group) is 1. The van der Waals surface area contributed by atoms with Crippen molar-refractivity contribution in [3.8, 4) is 0 Å². The second-order valence-corrected chi connectivity index (χ2v) is 20.7. The van der Waals surface area contributed by atoms with Crippen LogP contribution in [0.5, 0.6) is 0 Å². The number of aliphatic hydroxyl groups is 15. The largest absolute Gasteiger partial charge is 0.462 e. The number of hydrogen-bond donors (Lipinski definition) is 16. The first-order valence-electron chi connectivity index (χ1n) is 26.2. The predicted molar refractivity (Wildman–Crippen MR) is 278 cm³/mol. The summed E-state index contributed by atoms with van der Waals surface area (Å²) < 4.78 is 23.6. The third-order valence-corrected chi connectivity index (χ3v) is 14.2. The van der Waals surface area contributed by atoms with Crippen molar-refractivity contribution in [3.63, 3.8) is 0 Å². The summed E-state index contributed by atoms with van der Waals surface area (Å²) in [5.41, 5.74) is 6.10. The Kier molecular flexibility index (Phi) is 29.2. The molecule has 23 nitrogen and oxygen atoms in total. The first-order valence-corrected chi connectivity index (χ1v) is 26.2. The molecule has 4 unspecified atom stereocenters. The number of nitrogens with two attached hydrogens (primary N) is 1. The average molecular weight is 1100 g/mol. The molecule has 3 aliphatic rings. The number of rotatable bonds is 9. The van der Waals surface area contributed by atoms with E-state index < -0.39 is 184 Å². The van der Waals surface area contributed by atoms with Crippen LogP contribution in [-0.4, -0.2) is 235 Å². The summed E-state index contributed by atoms with van der Waals surface area (Å²) >= 11 is 0. The monoisotopic (exact) mass is 1100 g/mol. The maximum Gasteiger partial charge on any atom is 0.308 e. The van der Waals surface area contributed by atoms with Gasteiger partial charge in [0.15, 0.2) is 12.1 Å². The minimum atomic E-state index is -2.48. The van der Waals surface area contributed by atoms with Crippen LogP contribution < -0.4 is 5.73 Å². The minimum absolute atomic E-state index is 0.198. The molecular formula is C54H88N2O21. The first-order chi connectivity index (χ1) is 36.2. The molecule has 0 aliphatic carbocycles. The van der Waals surface area contributed by atoms with Gasteiger partial charge in [0.25, 0.3) is 0 Å². The second kappa shape index (κ2) is 33.2. The van der Waals surface area contributed by atoms with E-state index in [1.165, 1.54) is 20.0 Å². The highest BCUT2D eigenvalue weighted by atomic mass is 16.7. The zero-order valence-electron chi connectivity index (χ0n) is 44.5. The Bertz CT molecular complexity index is 1970. The SMILES string of the molecule is C[C@@H]1[C@H](O)[C@@H](C)/C=C/C=C/C=C/C=C/C=C/C=C/C=C/[C@H](O[C@@H]2O[C@H](C)[C@@H](O)[C@H](N)[C@@H]2O)C[C@@H]2O[C@](O)(C[C@@H](O)[C@H](O)CC[C@@H](O)C[C@@H](O)C[C@@H](O)CC(=O)O[C@H]1C)C[C@H](O)[C@H]2C(=O)N(C)CC(O)C(O)C(O)C(O)CO. The normalized spacial score (nSPS) is 42.0. The van der Waals surface area contributed by atoms with Gasteiger partial charge in [-0.05, 0) is 39.5 Å². The Morgan fingerprint density at radius 3 is 1.81 bits per heavy atom. The van der Waals surface area contributed by atoms with Gasteiger partial charge in [0.2, 0.25) is 5.91 Å². The number of hydrogen-bond acceptors (Lipinski definition) is 22. The molecule has 3 aliphatic heterocycles. The molecule has 23 heteroatoms. The quantitative estimate of drug-likeness (QED) is 0.106. The van der Waals surface area contributed by atoms with Crippen LogP contribution in [0.3, 0.4) is 0 Å². The van der Waals surface area contributed by atoms with E-state index in [9.17, 15) is 86.2 Å². The van der Waals surface area contributed by atoms with Gasteiger partial charge in [-0.2, -0.15) is 0 Å². The Labute approximate surface area is 450 Å². The van der Waals surface area contributed by atoms with Gasteiger partial charge in [0.1, 0.15) is 36.6 Å². The van der Waals surface area contributed by atoms with Crippen molar-refractivity contribution in [1.29, 1.82) is 0 Å². The molecule has 0 radical (unpaired) electrons. The molecule has 23 atom stereocenters. The molecule has 3 heterocycles. The van der Waals surface area contributed by atoms with Crippen LogP contribution in [0.15, 0.2) is 85.1 Å². The lowest BCUT2D eigenvalue weighted by Gasteiger charge is -2.47. The number of carbonyl (C=O) groups excluding carboxylic acids is 2. The van der Waals surface area contributed by atoms with E-state index in [4.69, 9.17) is 24.7 Å². The summed E-state index contributed by atoms with van der Waals surface area (Å²) in [5.74, 6) is -6.57. The zero-order valence-corrected chi connectivity index (χ0v) is 44.5. The molecule has 17 N–H and O–H groups in total. The number of allylic oxidation sites excluding steroid dienone is 12. The number of aliphatic hydroxyl groups excluding tert-OH is 14. The first kappa shape index (κ1) is 67.6. The number of amides is 1. The number of esters is 1. The van der Waals surface area contributed by atoms with E-state index in [0.29, 0.717) is 0 Å². The Morgan fingerprint density at radius 1 is 0.688 bits per heavy atom. The summed E-state index contributed by atoms with van der Waals surface area (Å²) in [6, 6.07) is -1.22. The van der Waals surface area contributed by atoms with E-state index in [0.717, 1.165) is 4.90 Å². The number of carbonyl (C=O) groups is 2. The summed E-state index contributed by atoms with van der Waals surface area (Å²) in [4.78, 5) is 27.9. The Morgan fingerprint density at radius 2 is 1.22 bits per heavy atom. The van der Waals surface area contributed by atoms with Crippen LogP contribution in [0.4, 0.5) is 0 Å². The van der Waals surface area contributed by atoms with Crippen molar-refractivity contribution in [2.75, 3.05) is 20.2 Å². The topological polar surface area (TPSA) is 404 Å². The molecular weight excluding hydrogens is 1010 g/mol. The van der Waals surface area contributed by atoms with Gasteiger partial charge in [-0.25, -0.2) is 0 Å². The lowest BCUT2D eigenvalue weighted by Crippen LogP contribution is -2.62. The lowest BCUT2D eigenvalue weighted by molar-refractivity contribution is -0.309. The Balaban J connectivity index is 2.00. The van der Waals surface area contributed by atoms with Crippen LogP contribution in [0.25, 0.3) is 0 Å². The van der Waals surface area contributed by atoms with E-state index in [1.807, 2.05) is 6.92 Å². The molecule has 2 bridgehead atoms. The van der Waals surface area contributed by atoms with Crippen molar-refractivity contribution in [2.45, 2.75) is 201 Å². The van der Waals surface area contributed by atoms with Crippen LogP contribution in [0.1, 0.15) is 79.1 Å². The summed E-state index contributed by atoms with van der Waals surface area (Å²) in [5, 5.41) is 161. The second-order valence-electron chi connectivity index (χ2n) is 20.7. The summed E-state index contributed by atoms with van der Waals surface area (Å²) in [7, 11) is 1.19. The number of fused-ring (bicyclic) bond motifs is 2. The molecule has 0 aromatic heterocycles. The number of cyclic esters (lactones) is 1. The standard InChI is InChI=1S/C54H88N2O21/c1-30-18-16-14-12-10-8-6-7-9-11-13-15-17-19-37(76-53-51(71)46(55)48(68)33(4)75-53)25-43-45(52(72)56(5)28-41(64)49(69)50(70)42(65)29-57)40(63)27-54(73,77-43)26-39(62)38(61)21-20-34(58)22-35(59)23-36(60)24-44(66)74-32(3)31(2)47(30)67/h6-19,30-43,45-51,53,57-65,67-71,73H,20-29,55H2,1-5H3/b7-6+,10-8+,11-9+,14-12+,15-13+,18-16+,19-17+/t30-,31-,32-,33+,34+,35+,36+,37-,38+,39+,40-,41?,42?,43-,45+,46-,47+,48+,49?,50?,51-,53-,54+/m0/s1. The Hall–Kier alpha value is -3.64. The average Bonchev–Trinajstić information content (AvgIpc) is 3.36. The van der Waals surface area contributed by atoms with E-state index in [1.54, 1.807) is 92.8 Å². The van der Waals surface area contributed by atoms with Crippen molar-refractivity contribution < 1.29 is 105 Å². The maximum absolute atomic E-state index is 14.3. The van der Waals surface area contributed by atoms with E-state index in [2.05, 4.69) is 0 Å². The van der Waals surface area contributed by atoms with E-state index in [-0.39, 0.29) is 31.6 Å². The highest BCUT2D eigenvalue weighted by Crippen LogP contribution is 2.39. The molecule has 3 rings (SSSR count). The molecule has 0 saturated carbocycles. The molecule has 77 heavy (non-hydrogen) atoms. The minimum Gasteiger partial charge on any atom is -0.462 e. The molecule has 1 amide bonds. The van der Waals surface area contributed by atoms with Crippen molar-refractivity contribution in [1.82, 2.24) is 4.90 Å². The van der Waals surface area contributed by atoms with Crippen molar-refractivity contribution >= 4 is 11.9 Å². The smallest absolute Gasteiger partial charge is 0.308 e. The third-order valence-electron chi connectivity index (χ3n) is 14.2. The predicted octanol–water partition coefficient (Wildman–Crippen LogP) is -2.48.